The van der Waals surface area contributed by atoms with Crippen molar-refractivity contribution in [2.24, 2.45) is 0 Å². The predicted octanol–water partition coefficient (Wildman–Crippen LogP) is 3.30. The summed E-state index contributed by atoms with van der Waals surface area (Å²) in [5.41, 5.74) is 3.18. The van der Waals surface area contributed by atoms with Crippen LogP contribution in [0, 0.1) is 6.92 Å². The molecule has 1 atom stereocenters. The third kappa shape index (κ3) is 3.98. The van der Waals surface area contributed by atoms with Crippen molar-refractivity contribution in [2.75, 3.05) is 13.3 Å². The van der Waals surface area contributed by atoms with Gasteiger partial charge in [-0.3, -0.25) is 9.59 Å². The van der Waals surface area contributed by atoms with E-state index in [-0.39, 0.29) is 30.7 Å². The fourth-order valence-corrected chi connectivity index (χ4v) is 4.47. The molecule has 1 aromatic heterocycles. The van der Waals surface area contributed by atoms with E-state index in [0.717, 1.165) is 24.0 Å². The summed E-state index contributed by atoms with van der Waals surface area (Å²) in [5.74, 6) is 1.96. The Morgan fingerprint density at radius 2 is 1.94 bits per heavy atom. The normalized spacial score (nSPS) is 17.0. The number of carbonyl (C=O) groups excluding carboxylic acids is 1. The molecule has 1 amide bonds. The average molecular weight is 431 g/mol. The second-order valence-corrected chi connectivity index (χ2v) is 8.29. The molecule has 3 heterocycles. The number of H-pyrrole nitrogens is 1. The minimum Gasteiger partial charge on any atom is -0.454 e. The number of nitrogens with one attached hydrogen (secondary N) is 1. The minimum absolute atomic E-state index is 0.0139. The van der Waals surface area contributed by atoms with Crippen molar-refractivity contribution in [1.29, 1.82) is 0 Å². The maximum absolute atomic E-state index is 13.1. The van der Waals surface area contributed by atoms with Gasteiger partial charge < -0.3 is 19.4 Å². The van der Waals surface area contributed by atoms with E-state index in [4.69, 9.17) is 14.5 Å². The number of fused-ring (bicyclic) bond motifs is 1. The quantitative estimate of drug-likeness (QED) is 0.670. The molecule has 7 heteroatoms. The van der Waals surface area contributed by atoms with Crippen molar-refractivity contribution < 1.29 is 14.3 Å². The Morgan fingerprint density at radius 3 is 2.75 bits per heavy atom. The molecule has 1 saturated heterocycles. The second kappa shape index (κ2) is 8.49. The van der Waals surface area contributed by atoms with E-state index in [2.05, 4.69) is 4.98 Å². The lowest BCUT2D eigenvalue weighted by Crippen LogP contribution is -2.34. The first-order valence-electron chi connectivity index (χ1n) is 10.9. The van der Waals surface area contributed by atoms with E-state index in [1.165, 1.54) is 0 Å². The number of benzene rings is 2. The molecule has 1 N–H and O–H groups in total. The minimum atomic E-state index is -0.214. The summed E-state index contributed by atoms with van der Waals surface area (Å²) in [7, 11) is 0. The average Bonchev–Trinajstić information content (AvgIpc) is 3.46. The molecule has 1 unspecified atom stereocenters. The van der Waals surface area contributed by atoms with Crippen molar-refractivity contribution in [3.05, 3.63) is 87.1 Å². The molecule has 0 radical (unpaired) electrons. The molecule has 164 valence electrons. The largest absolute Gasteiger partial charge is 0.454 e. The maximum Gasteiger partial charge on any atom is 0.254 e. The number of carbonyl (C=O) groups is 1. The van der Waals surface area contributed by atoms with Crippen LogP contribution >= 0.6 is 0 Å². The van der Waals surface area contributed by atoms with Gasteiger partial charge in [-0.2, -0.15) is 0 Å². The van der Waals surface area contributed by atoms with Gasteiger partial charge in [-0.25, -0.2) is 4.98 Å². The highest BCUT2D eigenvalue weighted by atomic mass is 16.7. The van der Waals surface area contributed by atoms with E-state index in [1.807, 2.05) is 60.4 Å². The number of amides is 1. The van der Waals surface area contributed by atoms with Crippen molar-refractivity contribution in [1.82, 2.24) is 14.9 Å². The SMILES string of the molecule is Cc1nc(C2CCCN2C(=O)Cc2ccc3c(c2)OCO3)[nH]c(=O)c1Cc1ccccc1. The molecule has 32 heavy (non-hydrogen) atoms. The van der Waals surface area contributed by atoms with Gasteiger partial charge in [0, 0.05) is 24.2 Å². The molecule has 2 aliphatic heterocycles. The van der Waals surface area contributed by atoms with Crippen molar-refractivity contribution in [2.45, 2.75) is 38.6 Å². The number of hydrogen-bond donors (Lipinski definition) is 1. The van der Waals surface area contributed by atoms with Gasteiger partial charge in [0.1, 0.15) is 5.82 Å². The summed E-state index contributed by atoms with van der Waals surface area (Å²) < 4.78 is 10.8. The lowest BCUT2D eigenvalue weighted by molar-refractivity contribution is -0.131. The summed E-state index contributed by atoms with van der Waals surface area (Å²) in [6.07, 6.45) is 2.47. The smallest absolute Gasteiger partial charge is 0.254 e. The lowest BCUT2D eigenvalue weighted by Gasteiger charge is -2.24. The highest BCUT2D eigenvalue weighted by Crippen LogP contribution is 2.34. The Labute approximate surface area is 186 Å². The van der Waals surface area contributed by atoms with E-state index >= 15 is 0 Å². The highest BCUT2D eigenvalue weighted by Gasteiger charge is 2.32. The number of aromatic amines is 1. The van der Waals surface area contributed by atoms with E-state index < -0.39 is 0 Å². The Bertz CT molecular complexity index is 1210. The summed E-state index contributed by atoms with van der Waals surface area (Å²) in [6.45, 7) is 2.73. The van der Waals surface area contributed by atoms with Crippen molar-refractivity contribution in [3.8, 4) is 11.5 Å². The molecule has 3 aromatic rings. The van der Waals surface area contributed by atoms with Gasteiger partial charge >= 0.3 is 0 Å². The zero-order valence-electron chi connectivity index (χ0n) is 18.0. The summed E-state index contributed by atoms with van der Waals surface area (Å²) in [6, 6.07) is 15.2. The summed E-state index contributed by atoms with van der Waals surface area (Å²) in [4.78, 5) is 35.5. The Hall–Kier alpha value is -3.61. The predicted molar refractivity (Wildman–Crippen MR) is 119 cm³/mol. The van der Waals surface area contributed by atoms with Crippen LogP contribution in [-0.2, 0) is 17.6 Å². The number of likely N-dealkylation sites (tertiary alicyclic amines) is 1. The van der Waals surface area contributed by atoms with Crippen LogP contribution in [0.4, 0.5) is 0 Å². The number of aromatic nitrogens is 2. The van der Waals surface area contributed by atoms with Gasteiger partial charge in [0.15, 0.2) is 11.5 Å². The zero-order valence-corrected chi connectivity index (χ0v) is 18.0. The Balaban J connectivity index is 1.34. The van der Waals surface area contributed by atoms with Gasteiger partial charge in [-0.15, -0.1) is 0 Å². The molecular formula is C25H25N3O4. The van der Waals surface area contributed by atoms with Crippen LogP contribution in [0.3, 0.4) is 0 Å². The van der Waals surface area contributed by atoms with Gasteiger partial charge in [-0.05, 0) is 43.0 Å². The molecule has 0 aliphatic carbocycles. The zero-order chi connectivity index (χ0) is 22.1. The van der Waals surface area contributed by atoms with Gasteiger partial charge in [0.05, 0.1) is 12.5 Å². The Morgan fingerprint density at radius 1 is 1.12 bits per heavy atom. The van der Waals surface area contributed by atoms with Crippen LogP contribution in [0.5, 0.6) is 11.5 Å². The number of ether oxygens (including phenoxy) is 2. The maximum atomic E-state index is 13.1. The molecule has 0 bridgehead atoms. The van der Waals surface area contributed by atoms with Gasteiger partial charge in [-0.1, -0.05) is 36.4 Å². The lowest BCUT2D eigenvalue weighted by atomic mass is 10.0. The van der Waals surface area contributed by atoms with Crippen LogP contribution in [-0.4, -0.2) is 34.1 Å². The van der Waals surface area contributed by atoms with Gasteiger partial charge in [0.2, 0.25) is 12.7 Å². The molecule has 7 nitrogen and oxygen atoms in total. The third-order valence-corrected chi connectivity index (χ3v) is 6.15. The molecular weight excluding hydrogens is 406 g/mol. The number of hydrogen-bond acceptors (Lipinski definition) is 5. The standard InChI is InChI=1S/C25H25N3O4/c1-16-19(12-17-6-3-2-4-7-17)25(30)27-24(26-16)20-8-5-11-28(20)23(29)14-18-9-10-21-22(13-18)32-15-31-21/h2-4,6-7,9-10,13,20H,5,8,11-12,14-15H2,1H3,(H,26,27,30). The van der Waals surface area contributed by atoms with Crippen LogP contribution in [0.1, 0.15) is 47.1 Å². The van der Waals surface area contributed by atoms with Gasteiger partial charge in [0.25, 0.3) is 5.56 Å². The van der Waals surface area contributed by atoms with Crippen LogP contribution in [0.15, 0.2) is 53.3 Å². The molecule has 0 spiro atoms. The van der Waals surface area contributed by atoms with E-state index in [1.54, 1.807) is 0 Å². The fourth-order valence-electron chi connectivity index (χ4n) is 4.47. The number of nitrogens with zero attached hydrogens (tertiary/aromatic N) is 2. The van der Waals surface area contributed by atoms with Crippen LogP contribution in [0.2, 0.25) is 0 Å². The topological polar surface area (TPSA) is 84.5 Å². The van der Waals surface area contributed by atoms with Crippen LogP contribution < -0.4 is 15.0 Å². The molecule has 2 aromatic carbocycles. The third-order valence-electron chi connectivity index (χ3n) is 6.15. The fraction of sp³-hybridized carbons (Fsp3) is 0.320. The monoisotopic (exact) mass is 431 g/mol. The first kappa shape index (κ1) is 20.3. The molecule has 2 aliphatic rings. The van der Waals surface area contributed by atoms with Crippen LogP contribution in [0.25, 0.3) is 0 Å². The molecule has 0 saturated carbocycles. The van der Waals surface area contributed by atoms with Crippen molar-refractivity contribution in [3.63, 3.8) is 0 Å². The van der Waals surface area contributed by atoms with E-state index in [9.17, 15) is 9.59 Å². The highest BCUT2D eigenvalue weighted by molar-refractivity contribution is 5.79. The first-order valence-corrected chi connectivity index (χ1v) is 10.9. The summed E-state index contributed by atoms with van der Waals surface area (Å²) >= 11 is 0. The van der Waals surface area contributed by atoms with E-state index in [0.29, 0.717) is 41.5 Å². The molecule has 1 fully saturated rings. The Kier molecular flexibility index (Phi) is 5.39. The molecule has 5 rings (SSSR count). The number of rotatable bonds is 5. The number of aryl methyl sites for hydroxylation is 1. The van der Waals surface area contributed by atoms with Crippen molar-refractivity contribution >= 4 is 5.91 Å². The second-order valence-electron chi connectivity index (χ2n) is 8.29. The summed E-state index contributed by atoms with van der Waals surface area (Å²) in [5, 5.41) is 0. The first-order chi connectivity index (χ1) is 15.6.